The van der Waals surface area contributed by atoms with Crippen LogP contribution in [0.15, 0.2) is 24.3 Å². The first kappa shape index (κ1) is 23.8. The van der Waals surface area contributed by atoms with Gasteiger partial charge in [-0.3, -0.25) is 19.1 Å². The summed E-state index contributed by atoms with van der Waals surface area (Å²) in [6.07, 6.45) is 2.40. The van der Waals surface area contributed by atoms with Crippen molar-refractivity contribution in [3.8, 4) is 5.75 Å². The third kappa shape index (κ3) is 4.93. The number of aromatic nitrogens is 2. The fraction of sp³-hybridized carbons (Fsp3) is 0.520. The highest BCUT2D eigenvalue weighted by molar-refractivity contribution is 5.94. The second kappa shape index (κ2) is 10.3. The minimum Gasteiger partial charge on any atom is -0.497 e. The maximum atomic E-state index is 13.3. The number of nitrogens with zero attached hydrogens (tertiary/aromatic N) is 4. The molecule has 182 valence electrons. The summed E-state index contributed by atoms with van der Waals surface area (Å²) in [5.74, 6) is 0.671. The summed E-state index contributed by atoms with van der Waals surface area (Å²) < 4.78 is 6.93. The van der Waals surface area contributed by atoms with Crippen LogP contribution in [-0.4, -0.2) is 64.0 Å². The van der Waals surface area contributed by atoms with Crippen molar-refractivity contribution in [1.82, 2.24) is 24.9 Å². The first-order valence-electron chi connectivity index (χ1n) is 11.9. The molecule has 34 heavy (non-hydrogen) atoms. The molecule has 9 nitrogen and oxygen atoms in total. The van der Waals surface area contributed by atoms with E-state index in [0.717, 1.165) is 22.6 Å². The fourth-order valence-corrected chi connectivity index (χ4v) is 4.77. The van der Waals surface area contributed by atoms with Crippen molar-refractivity contribution in [3.05, 3.63) is 46.8 Å². The van der Waals surface area contributed by atoms with E-state index in [2.05, 4.69) is 10.4 Å². The molecule has 1 fully saturated rings. The first-order chi connectivity index (χ1) is 16.4. The average Bonchev–Trinajstić information content (AvgIpc) is 3.22. The topological polar surface area (TPSA) is 96.8 Å². The number of carbonyl (C=O) groups is 3. The second-order valence-electron chi connectivity index (χ2n) is 8.95. The Hall–Kier alpha value is -3.36. The number of hydrogen-bond acceptors (Lipinski definition) is 5. The molecular weight excluding hydrogens is 434 g/mol. The highest BCUT2D eigenvalue weighted by Gasteiger charge is 2.33. The van der Waals surface area contributed by atoms with Crippen molar-refractivity contribution >= 4 is 17.7 Å². The van der Waals surface area contributed by atoms with Gasteiger partial charge in [0.2, 0.25) is 11.8 Å². The third-order valence-corrected chi connectivity index (χ3v) is 6.88. The molecule has 3 amide bonds. The zero-order chi connectivity index (χ0) is 24.2. The first-order valence-corrected chi connectivity index (χ1v) is 11.9. The van der Waals surface area contributed by atoms with E-state index in [4.69, 9.17) is 4.74 Å². The van der Waals surface area contributed by atoms with Gasteiger partial charge in [0.15, 0.2) is 5.69 Å². The number of aryl methyl sites for hydroxylation is 1. The quantitative estimate of drug-likeness (QED) is 0.700. The molecule has 0 aliphatic carbocycles. The van der Waals surface area contributed by atoms with Crippen LogP contribution in [0.25, 0.3) is 0 Å². The lowest BCUT2D eigenvalue weighted by molar-refractivity contribution is -0.131. The smallest absolute Gasteiger partial charge is 0.274 e. The molecule has 4 rings (SSSR count). The van der Waals surface area contributed by atoms with Crippen molar-refractivity contribution in [2.24, 2.45) is 13.0 Å². The largest absolute Gasteiger partial charge is 0.497 e. The molecule has 2 aromatic rings. The minimum atomic E-state index is -0.113. The summed E-state index contributed by atoms with van der Waals surface area (Å²) in [6, 6.07) is 7.62. The number of likely N-dealkylation sites (tertiary alicyclic amines) is 1. The lowest BCUT2D eigenvalue weighted by Gasteiger charge is -2.32. The molecule has 0 spiro atoms. The summed E-state index contributed by atoms with van der Waals surface area (Å²) in [7, 11) is 3.48. The lowest BCUT2D eigenvalue weighted by Crippen LogP contribution is -2.43. The summed E-state index contributed by atoms with van der Waals surface area (Å²) in [6.45, 7) is 4.44. The van der Waals surface area contributed by atoms with Crippen LogP contribution >= 0.6 is 0 Å². The van der Waals surface area contributed by atoms with Crippen molar-refractivity contribution in [2.75, 3.05) is 26.7 Å². The monoisotopic (exact) mass is 467 g/mol. The molecule has 0 bridgehead atoms. The number of ether oxygens (including phenoxy) is 1. The number of methoxy groups -OCH3 is 1. The van der Waals surface area contributed by atoms with Gasteiger partial charge < -0.3 is 19.9 Å². The summed E-state index contributed by atoms with van der Waals surface area (Å²) in [5.41, 5.74) is 3.34. The van der Waals surface area contributed by atoms with Crippen LogP contribution in [0.5, 0.6) is 5.75 Å². The summed E-state index contributed by atoms with van der Waals surface area (Å²) in [5, 5.41) is 7.53. The molecule has 1 N–H and O–H groups in total. The van der Waals surface area contributed by atoms with Crippen LogP contribution in [0.4, 0.5) is 0 Å². The summed E-state index contributed by atoms with van der Waals surface area (Å²) >= 11 is 0. The van der Waals surface area contributed by atoms with Crippen LogP contribution < -0.4 is 10.1 Å². The number of piperidine rings is 1. The Balaban J connectivity index is 1.33. The molecule has 2 aliphatic heterocycles. The van der Waals surface area contributed by atoms with E-state index in [0.29, 0.717) is 64.1 Å². The molecular formula is C25H33N5O4. The van der Waals surface area contributed by atoms with E-state index in [1.807, 2.05) is 38.2 Å². The fourth-order valence-electron chi connectivity index (χ4n) is 4.77. The molecule has 2 aliphatic rings. The van der Waals surface area contributed by atoms with Crippen LogP contribution in [0.1, 0.15) is 53.5 Å². The minimum absolute atomic E-state index is 0.0202. The zero-order valence-electron chi connectivity index (χ0n) is 20.2. The van der Waals surface area contributed by atoms with Crippen molar-refractivity contribution in [1.29, 1.82) is 0 Å². The van der Waals surface area contributed by atoms with Gasteiger partial charge in [-0.25, -0.2) is 0 Å². The van der Waals surface area contributed by atoms with Crippen molar-refractivity contribution in [3.63, 3.8) is 0 Å². The highest BCUT2D eigenvalue weighted by Crippen LogP contribution is 2.26. The van der Waals surface area contributed by atoms with E-state index in [-0.39, 0.29) is 23.6 Å². The standard InChI is InChI=1S/C25H33N5O4/c1-4-22(31)30-14-11-21-20(16-30)23(27-28(21)2)25(33)29-12-9-18(10-13-29)24(32)26-15-17-5-7-19(34-3)8-6-17/h5-8,18H,4,9-16H2,1-3H3,(H,26,32). The van der Waals surface area contributed by atoms with Gasteiger partial charge >= 0.3 is 0 Å². The Bertz CT molecular complexity index is 1050. The Morgan fingerprint density at radius 2 is 1.79 bits per heavy atom. The number of fused-ring (bicyclic) bond motifs is 1. The second-order valence-corrected chi connectivity index (χ2v) is 8.95. The predicted molar refractivity (Wildman–Crippen MR) is 126 cm³/mol. The van der Waals surface area contributed by atoms with Gasteiger partial charge in [0.1, 0.15) is 5.75 Å². The number of amides is 3. The van der Waals surface area contributed by atoms with Gasteiger partial charge in [-0.1, -0.05) is 19.1 Å². The van der Waals surface area contributed by atoms with Crippen LogP contribution in [-0.2, 0) is 36.1 Å². The molecule has 3 heterocycles. The van der Waals surface area contributed by atoms with E-state index in [1.165, 1.54) is 0 Å². The summed E-state index contributed by atoms with van der Waals surface area (Å²) in [4.78, 5) is 41.8. The molecule has 0 atom stereocenters. The number of hydrogen-bond donors (Lipinski definition) is 1. The highest BCUT2D eigenvalue weighted by atomic mass is 16.5. The molecule has 1 aromatic heterocycles. The maximum absolute atomic E-state index is 13.3. The van der Waals surface area contributed by atoms with E-state index < -0.39 is 0 Å². The molecule has 9 heteroatoms. The average molecular weight is 468 g/mol. The van der Waals surface area contributed by atoms with Crippen LogP contribution in [0, 0.1) is 5.92 Å². The Kier molecular flexibility index (Phi) is 7.19. The van der Waals surface area contributed by atoms with Crippen LogP contribution in [0.3, 0.4) is 0 Å². The Morgan fingerprint density at radius 1 is 1.09 bits per heavy atom. The van der Waals surface area contributed by atoms with Gasteiger partial charge in [0.05, 0.1) is 7.11 Å². The molecule has 0 radical (unpaired) electrons. The van der Waals surface area contributed by atoms with Gasteiger partial charge in [-0.05, 0) is 30.5 Å². The normalized spacial score (nSPS) is 16.2. The van der Waals surface area contributed by atoms with Gasteiger partial charge in [0.25, 0.3) is 5.91 Å². The van der Waals surface area contributed by atoms with Gasteiger partial charge in [0, 0.05) is 69.8 Å². The zero-order valence-corrected chi connectivity index (χ0v) is 20.2. The SMILES string of the molecule is CCC(=O)N1CCc2c(c(C(=O)N3CCC(C(=O)NCc4ccc(OC)cc4)CC3)nn2C)C1. The Morgan fingerprint density at radius 3 is 2.44 bits per heavy atom. The Labute approximate surface area is 200 Å². The van der Waals surface area contributed by atoms with E-state index in [9.17, 15) is 14.4 Å². The predicted octanol–water partition coefficient (Wildman–Crippen LogP) is 1.89. The number of carbonyl (C=O) groups excluding carboxylic acids is 3. The molecule has 0 saturated carbocycles. The van der Waals surface area contributed by atoms with Crippen LogP contribution in [0.2, 0.25) is 0 Å². The maximum Gasteiger partial charge on any atom is 0.274 e. The lowest BCUT2D eigenvalue weighted by atomic mass is 9.95. The number of rotatable bonds is 6. The van der Waals surface area contributed by atoms with Crippen molar-refractivity contribution < 1.29 is 19.1 Å². The van der Waals surface area contributed by atoms with E-state index in [1.54, 1.807) is 21.6 Å². The van der Waals surface area contributed by atoms with E-state index >= 15 is 0 Å². The molecule has 1 aromatic carbocycles. The third-order valence-electron chi connectivity index (χ3n) is 6.88. The van der Waals surface area contributed by atoms with Gasteiger partial charge in [-0.15, -0.1) is 0 Å². The molecule has 0 unspecified atom stereocenters. The van der Waals surface area contributed by atoms with Gasteiger partial charge in [-0.2, -0.15) is 5.10 Å². The molecule has 1 saturated heterocycles. The number of nitrogens with one attached hydrogen (secondary N) is 1. The van der Waals surface area contributed by atoms with Crippen molar-refractivity contribution in [2.45, 2.75) is 45.7 Å². The number of benzene rings is 1.